The molecule has 0 bridgehead atoms. The molecule has 0 amide bonds. The summed E-state index contributed by atoms with van der Waals surface area (Å²) in [6.07, 6.45) is 1.56. The van der Waals surface area contributed by atoms with Crippen LogP contribution in [0.15, 0.2) is 22.7 Å². The molecule has 0 spiro atoms. The van der Waals surface area contributed by atoms with Crippen LogP contribution in [0, 0.1) is 11.3 Å². The Morgan fingerprint density at radius 2 is 2.22 bits per heavy atom. The van der Waals surface area contributed by atoms with Crippen molar-refractivity contribution in [1.29, 1.82) is 0 Å². The van der Waals surface area contributed by atoms with E-state index in [-0.39, 0.29) is 5.41 Å². The van der Waals surface area contributed by atoms with Crippen LogP contribution in [0.3, 0.4) is 0 Å². The highest BCUT2D eigenvalue weighted by molar-refractivity contribution is 9.10. The van der Waals surface area contributed by atoms with Crippen molar-refractivity contribution >= 4 is 33.2 Å². The summed E-state index contributed by atoms with van der Waals surface area (Å²) in [6.45, 7) is 5.43. The van der Waals surface area contributed by atoms with Crippen LogP contribution in [0.5, 0.6) is 0 Å². The third kappa shape index (κ3) is 1.87. The van der Waals surface area contributed by atoms with Crippen molar-refractivity contribution in [2.24, 2.45) is 11.3 Å². The van der Waals surface area contributed by atoms with Crippen LogP contribution in [-0.4, -0.2) is 18.8 Å². The van der Waals surface area contributed by atoms with E-state index in [2.05, 4.69) is 35.1 Å². The minimum Gasteiger partial charge on any atom is -0.380 e. The highest BCUT2D eigenvalue weighted by Gasteiger charge is 2.59. The number of halogens is 2. The molecule has 3 atom stereocenters. The van der Waals surface area contributed by atoms with Crippen molar-refractivity contribution in [2.75, 3.05) is 11.9 Å². The molecule has 1 aromatic carbocycles. The first-order valence-corrected chi connectivity index (χ1v) is 7.50. The van der Waals surface area contributed by atoms with Crippen LogP contribution >= 0.6 is 27.5 Å². The maximum absolute atomic E-state index is 6.27. The summed E-state index contributed by atoms with van der Waals surface area (Å²) in [5.74, 6) is 0.625. The predicted octanol–water partition coefficient (Wildman–Crippen LogP) is 4.33. The normalized spacial score (nSPS) is 32.8. The lowest BCUT2D eigenvalue weighted by Crippen LogP contribution is -2.63. The van der Waals surface area contributed by atoms with Crippen LogP contribution < -0.4 is 5.32 Å². The Kier molecular flexibility index (Phi) is 3.12. The summed E-state index contributed by atoms with van der Waals surface area (Å²) in [5.41, 5.74) is 1.20. The van der Waals surface area contributed by atoms with E-state index in [4.69, 9.17) is 16.3 Å². The van der Waals surface area contributed by atoms with E-state index in [9.17, 15) is 0 Å². The van der Waals surface area contributed by atoms with E-state index in [1.54, 1.807) is 0 Å². The summed E-state index contributed by atoms with van der Waals surface area (Å²) in [4.78, 5) is 0. The van der Waals surface area contributed by atoms with Crippen LogP contribution in [0.4, 0.5) is 5.69 Å². The van der Waals surface area contributed by atoms with Crippen molar-refractivity contribution in [3.05, 3.63) is 27.7 Å². The first-order chi connectivity index (χ1) is 8.50. The first kappa shape index (κ1) is 12.8. The Bertz CT molecular complexity index is 477. The standard InChI is InChI=1S/C14H17BrClNO/c1-14(2)12(9-5-6-18-13(9)14)17-11-4-3-8(15)7-10(11)16/h3-4,7,9,12-13,17H,5-6H2,1-2H3. The topological polar surface area (TPSA) is 21.3 Å². The minimum absolute atomic E-state index is 0.178. The number of fused-ring (bicyclic) bond motifs is 1. The summed E-state index contributed by atoms with van der Waals surface area (Å²) < 4.78 is 6.81. The maximum atomic E-state index is 6.27. The molecule has 4 heteroatoms. The lowest BCUT2D eigenvalue weighted by Gasteiger charge is -2.55. The molecular weight excluding hydrogens is 314 g/mol. The molecule has 1 saturated heterocycles. The maximum Gasteiger partial charge on any atom is 0.0694 e. The van der Waals surface area contributed by atoms with Gasteiger partial charge in [-0.1, -0.05) is 41.4 Å². The zero-order chi connectivity index (χ0) is 12.9. The van der Waals surface area contributed by atoms with Gasteiger partial charge in [0.05, 0.1) is 16.8 Å². The molecule has 1 aliphatic carbocycles. The van der Waals surface area contributed by atoms with Gasteiger partial charge in [-0.2, -0.15) is 0 Å². The van der Waals surface area contributed by atoms with E-state index in [1.807, 2.05) is 18.2 Å². The lowest BCUT2D eigenvalue weighted by atomic mass is 9.57. The predicted molar refractivity (Wildman–Crippen MR) is 78.2 cm³/mol. The molecule has 3 unspecified atom stereocenters. The molecule has 1 aliphatic heterocycles. The first-order valence-electron chi connectivity index (χ1n) is 6.33. The smallest absolute Gasteiger partial charge is 0.0694 e. The number of nitrogens with one attached hydrogen (secondary N) is 1. The van der Waals surface area contributed by atoms with E-state index in [0.717, 1.165) is 28.2 Å². The Labute approximate surface area is 121 Å². The van der Waals surface area contributed by atoms with E-state index in [1.165, 1.54) is 0 Å². The molecule has 2 nitrogen and oxygen atoms in total. The van der Waals surface area contributed by atoms with Crippen molar-refractivity contribution in [2.45, 2.75) is 32.4 Å². The van der Waals surface area contributed by atoms with Gasteiger partial charge in [-0.3, -0.25) is 0 Å². The van der Waals surface area contributed by atoms with Gasteiger partial charge in [0.2, 0.25) is 0 Å². The van der Waals surface area contributed by atoms with E-state index >= 15 is 0 Å². The average molecular weight is 331 g/mol. The fourth-order valence-corrected chi connectivity index (χ4v) is 4.12. The van der Waals surface area contributed by atoms with E-state index < -0.39 is 0 Å². The molecule has 0 aromatic heterocycles. The Hall–Kier alpha value is -0.250. The average Bonchev–Trinajstić information content (AvgIpc) is 2.74. The molecular formula is C14H17BrClNO. The summed E-state index contributed by atoms with van der Waals surface area (Å²) in [7, 11) is 0. The SMILES string of the molecule is CC1(C)C(Nc2ccc(Br)cc2Cl)C2CCOC21. The Morgan fingerprint density at radius 1 is 1.44 bits per heavy atom. The quantitative estimate of drug-likeness (QED) is 0.871. The molecule has 2 aliphatic rings. The van der Waals surface area contributed by atoms with Gasteiger partial charge >= 0.3 is 0 Å². The van der Waals surface area contributed by atoms with Gasteiger partial charge in [-0.15, -0.1) is 0 Å². The van der Waals surface area contributed by atoms with Crippen molar-refractivity contribution in [3.8, 4) is 0 Å². The fourth-order valence-electron chi connectivity index (χ4n) is 3.39. The molecule has 1 saturated carbocycles. The van der Waals surface area contributed by atoms with Crippen LogP contribution in [0.1, 0.15) is 20.3 Å². The van der Waals surface area contributed by atoms with E-state index in [0.29, 0.717) is 18.1 Å². The lowest BCUT2D eigenvalue weighted by molar-refractivity contribution is -0.0923. The molecule has 18 heavy (non-hydrogen) atoms. The van der Waals surface area contributed by atoms with Crippen molar-refractivity contribution in [3.63, 3.8) is 0 Å². The summed E-state index contributed by atoms with van der Waals surface area (Å²) in [6, 6.07) is 6.43. The zero-order valence-electron chi connectivity index (χ0n) is 10.5. The molecule has 0 radical (unpaired) electrons. The van der Waals surface area contributed by atoms with Crippen molar-refractivity contribution < 1.29 is 4.74 Å². The Morgan fingerprint density at radius 3 is 2.94 bits per heavy atom. The Balaban J connectivity index is 1.80. The number of anilines is 1. The van der Waals surface area contributed by atoms with Gasteiger partial charge < -0.3 is 10.1 Å². The van der Waals surface area contributed by atoms with Crippen LogP contribution in [0.25, 0.3) is 0 Å². The molecule has 98 valence electrons. The second-order valence-corrected chi connectivity index (χ2v) is 7.13. The van der Waals surface area contributed by atoms with Crippen LogP contribution in [0.2, 0.25) is 5.02 Å². The van der Waals surface area contributed by atoms with Gasteiger partial charge in [0.1, 0.15) is 0 Å². The molecule has 2 fully saturated rings. The summed E-state index contributed by atoms with van der Waals surface area (Å²) in [5, 5.41) is 4.37. The molecule has 1 heterocycles. The second-order valence-electron chi connectivity index (χ2n) is 5.81. The zero-order valence-corrected chi connectivity index (χ0v) is 12.9. The molecule has 1 aromatic rings. The number of ether oxygens (including phenoxy) is 1. The molecule has 3 rings (SSSR count). The van der Waals surface area contributed by atoms with Gasteiger partial charge in [-0.05, 0) is 24.6 Å². The van der Waals surface area contributed by atoms with Crippen LogP contribution in [-0.2, 0) is 4.74 Å². The number of benzene rings is 1. The monoisotopic (exact) mass is 329 g/mol. The largest absolute Gasteiger partial charge is 0.380 e. The fraction of sp³-hybridized carbons (Fsp3) is 0.571. The third-order valence-electron chi connectivity index (χ3n) is 4.34. The highest BCUT2D eigenvalue weighted by atomic mass is 79.9. The van der Waals surface area contributed by atoms with Gasteiger partial charge in [0.15, 0.2) is 0 Å². The summed E-state index contributed by atoms with van der Waals surface area (Å²) >= 11 is 9.70. The molecule has 1 N–H and O–H groups in total. The van der Waals surface area contributed by atoms with Gasteiger partial charge in [0, 0.05) is 28.5 Å². The number of hydrogen-bond donors (Lipinski definition) is 1. The van der Waals surface area contributed by atoms with Crippen molar-refractivity contribution in [1.82, 2.24) is 0 Å². The highest BCUT2D eigenvalue weighted by Crippen LogP contribution is 2.53. The second kappa shape index (κ2) is 4.39. The van der Waals surface area contributed by atoms with Gasteiger partial charge in [0.25, 0.3) is 0 Å². The number of hydrogen-bond acceptors (Lipinski definition) is 2. The number of rotatable bonds is 2. The minimum atomic E-state index is 0.178. The van der Waals surface area contributed by atoms with Gasteiger partial charge in [-0.25, -0.2) is 0 Å². The third-order valence-corrected chi connectivity index (χ3v) is 5.15.